The van der Waals surface area contributed by atoms with Gasteiger partial charge in [0.2, 0.25) is 5.91 Å². The molecule has 3 N–H and O–H groups in total. The van der Waals surface area contributed by atoms with Gasteiger partial charge in [-0.1, -0.05) is 53.7 Å². The van der Waals surface area contributed by atoms with Gasteiger partial charge in [0.25, 0.3) is 0 Å². The molecule has 0 aliphatic carbocycles. The predicted octanol–water partition coefficient (Wildman–Crippen LogP) is 3.51. The first kappa shape index (κ1) is 21.0. The van der Waals surface area contributed by atoms with E-state index in [1.54, 1.807) is 0 Å². The van der Waals surface area contributed by atoms with Gasteiger partial charge in [0.15, 0.2) is 0 Å². The summed E-state index contributed by atoms with van der Waals surface area (Å²) in [5.74, 6) is -1.03. The van der Waals surface area contributed by atoms with Crippen LogP contribution in [0, 0.1) is 0 Å². The molecule has 0 bridgehead atoms. The Labute approximate surface area is 150 Å². The highest BCUT2D eigenvalue weighted by Gasteiger charge is 2.26. The smallest absolute Gasteiger partial charge is 0.325 e. The van der Waals surface area contributed by atoms with Crippen LogP contribution in [-0.2, 0) is 26.8 Å². The maximum absolute atomic E-state index is 11.9. The van der Waals surface area contributed by atoms with Crippen LogP contribution in [0.15, 0.2) is 12.1 Å². The zero-order valence-electron chi connectivity index (χ0n) is 16.4. The number of benzene rings is 1. The summed E-state index contributed by atoms with van der Waals surface area (Å²) in [5.41, 5.74) is 2.23. The Hall–Kier alpha value is -2.04. The minimum absolute atomic E-state index is 0.204. The third-order valence-corrected chi connectivity index (χ3v) is 4.17. The number of carboxylic acid groups (broad SMARTS) is 1. The highest BCUT2D eigenvalue weighted by molar-refractivity contribution is 5.83. The van der Waals surface area contributed by atoms with E-state index in [0.717, 1.165) is 16.7 Å². The van der Waals surface area contributed by atoms with Gasteiger partial charge in [-0.3, -0.25) is 9.59 Å². The lowest BCUT2D eigenvalue weighted by Gasteiger charge is -2.28. The minimum Gasteiger partial charge on any atom is -0.507 e. The van der Waals surface area contributed by atoms with Gasteiger partial charge < -0.3 is 15.5 Å². The van der Waals surface area contributed by atoms with E-state index in [1.165, 1.54) is 6.92 Å². The number of phenolic OH excluding ortho intramolecular Hbond substituents is 1. The van der Waals surface area contributed by atoms with Crippen molar-refractivity contribution >= 4 is 11.9 Å². The number of phenols is 1. The third-order valence-electron chi connectivity index (χ3n) is 4.17. The molecule has 1 unspecified atom stereocenters. The Balaban J connectivity index is 3.08. The summed E-state index contributed by atoms with van der Waals surface area (Å²) in [4.78, 5) is 22.8. The molecule has 0 fully saturated rings. The van der Waals surface area contributed by atoms with Crippen molar-refractivity contribution in [2.24, 2.45) is 0 Å². The Kier molecular flexibility index (Phi) is 6.27. The topological polar surface area (TPSA) is 86.6 Å². The van der Waals surface area contributed by atoms with Crippen LogP contribution < -0.4 is 5.32 Å². The fourth-order valence-corrected chi connectivity index (χ4v) is 2.62. The lowest BCUT2D eigenvalue weighted by molar-refractivity contribution is -0.141. The molecule has 1 aromatic rings. The Morgan fingerprint density at radius 2 is 1.48 bits per heavy atom. The SMILES string of the molecule is CC(NC(=O)CCc1cc(C(C)(C)C)c(O)c(C(C)(C)C)c1)C(=O)O. The lowest BCUT2D eigenvalue weighted by atomic mass is 9.78. The fraction of sp³-hybridized carbons (Fsp3) is 0.600. The molecule has 0 saturated carbocycles. The quantitative estimate of drug-likeness (QED) is 0.759. The zero-order chi connectivity index (χ0) is 19.6. The number of aromatic hydroxyl groups is 1. The normalized spacial score (nSPS) is 13.4. The van der Waals surface area contributed by atoms with E-state index >= 15 is 0 Å². The van der Waals surface area contributed by atoms with Crippen molar-refractivity contribution in [1.29, 1.82) is 0 Å². The van der Waals surface area contributed by atoms with Gasteiger partial charge in [-0.15, -0.1) is 0 Å². The zero-order valence-corrected chi connectivity index (χ0v) is 16.4. The van der Waals surface area contributed by atoms with Crippen molar-refractivity contribution in [3.63, 3.8) is 0 Å². The number of hydrogen-bond acceptors (Lipinski definition) is 3. The van der Waals surface area contributed by atoms with E-state index in [2.05, 4.69) is 5.32 Å². The van der Waals surface area contributed by atoms with Gasteiger partial charge in [-0.05, 0) is 40.9 Å². The van der Waals surface area contributed by atoms with Gasteiger partial charge in [0.1, 0.15) is 11.8 Å². The average Bonchev–Trinajstić information content (AvgIpc) is 2.43. The first-order valence-corrected chi connectivity index (χ1v) is 8.62. The lowest BCUT2D eigenvalue weighted by Crippen LogP contribution is -2.38. The van der Waals surface area contributed by atoms with Gasteiger partial charge in [0.05, 0.1) is 0 Å². The van der Waals surface area contributed by atoms with E-state index in [1.807, 2.05) is 53.7 Å². The summed E-state index contributed by atoms with van der Waals surface area (Å²) < 4.78 is 0. The van der Waals surface area contributed by atoms with Crippen LogP contribution in [0.5, 0.6) is 5.75 Å². The summed E-state index contributed by atoms with van der Waals surface area (Å²) in [7, 11) is 0. The molecule has 1 atom stereocenters. The van der Waals surface area contributed by atoms with Crippen molar-refractivity contribution in [2.45, 2.75) is 78.2 Å². The van der Waals surface area contributed by atoms with Crippen molar-refractivity contribution in [3.8, 4) is 5.75 Å². The average molecular weight is 349 g/mol. The number of carboxylic acids is 1. The molecule has 0 spiro atoms. The molecule has 0 heterocycles. The number of rotatable bonds is 5. The molecule has 1 rings (SSSR count). The molecule has 5 nitrogen and oxygen atoms in total. The predicted molar refractivity (Wildman–Crippen MR) is 99.1 cm³/mol. The van der Waals surface area contributed by atoms with Crippen molar-refractivity contribution in [2.75, 3.05) is 0 Å². The van der Waals surface area contributed by atoms with Crippen molar-refractivity contribution < 1.29 is 19.8 Å². The summed E-state index contributed by atoms with van der Waals surface area (Å²) >= 11 is 0. The number of aliphatic carboxylic acids is 1. The molecule has 25 heavy (non-hydrogen) atoms. The number of hydrogen-bond donors (Lipinski definition) is 3. The summed E-state index contributed by atoms with van der Waals surface area (Å²) in [5, 5.41) is 22.0. The molecule has 1 aromatic carbocycles. The van der Waals surface area contributed by atoms with Crippen LogP contribution in [0.25, 0.3) is 0 Å². The molecule has 140 valence electrons. The van der Waals surface area contributed by atoms with Crippen molar-refractivity contribution in [3.05, 3.63) is 28.8 Å². The van der Waals surface area contributed by atoms with E-state index in [-0.39, 0.29) is 23.2 Å². The Bertz CT molecular complexity index is 616. The van der Waals surface area contributed by atoms with Crippen LogP contribution in [0.1, 0.15) is 71.6 Å². The second kappa shape index (κ2) is 7.46. The van der Waals surface area contributed by atoms with E-state index in [0.29, 0.717) is 12.2 Å². The monoisotopic (exact) mass is 349 g/mol. The van der Waals surface area contributed by atoms with E-state index in [9.17, 15) is 14.7 Å². The maximum Gasteiger partial charge on any atom is 0.325 e. The Morgan fingerprint density at radius 1 is 1.04 bits per heavy atom. The van der Waals surface area contributed by atoms with E-state index < -0.39 is 12.0 Å². The number of carbonyl (C=O) groups excluding carboxylic acids is 1. The molecule has 5 heteroatoms. The highest BCUT2D eigenvalue weighted by Crippen LogP contribution is 2.39. The summed E-state index contributed by atoms with van der Waals surface area (Å²) in [6.07, 6.45) is 0.695. The second-order valence-corrected chi connectivity index (χ2v) is 8.67. The molecular formula is C20H31NO4. The first-order valence-electron chi connectivity index (χ1n) is 8.62. The van der Waals surface area contributed by atoms with Crippen LogP contribution in [0.2, 0.25) is 0 Å². The summed E-state index contributed by atoms with van der Waals surface area (Å²) in [6, 6.07) is 2.99. The fourth-order valence-electron chi connectivity index (χ4n) is 2.62. The first-order chi connectivity index (χ1) is 11.2. The van der Waals surface area contributed by atoms with Gasteiger partial charge >= 0.3 is 5.97 Å². The van der Waals surface area contributed by atoms with Gasteiger partial charge in [-0.2, -0.15) is 0 Å². The molecular weight excluding hydrogens is 318 g/mol. The number of carbonyl (C=O) groups is 2. The van der Waals surface area contributed by atoms with Crippen LogP contribution in [-0.4, -0.2) is 28.1 Å². The van der Waals surface area contributed by atoms with Crippen molar-refractivity contribution in [1.82, 2.24) is 5.32 Å². The van der Waals surface area contributed by atoms with E-state index in [4.69, 9.17) is 5.11 Å². The van der Waals surface area contributed by atoms with Gasteiger partial charge in [-0.25, -0.2) is 0 Å². The van der Waals surface area contributed by atoms with Crippen LogP contribution in [0.4, 0.5) is 0 Å². The molecule has 0 aliphatic rings. The standard InChI is InChI=1S/C20H31NO4/c1-12(18(24)25)21-16(22)9-8-13-10-14(19(2,3)4)17(23)15(11-13)20(5,6)7/h10-12,23H,8-9H2,1-7H3,(H,21,22)(H,24,25). The maximum atomic E-state index is 11.9. The number of amides is 1. The molecule has 0 aromatic heterocycles. The molecule has 0 aliphatic heterocycles. The Morgan fingerprint density at radius 3 is 1.84 bits per heavy atom. The minimum atomic E-state index is -1.05. The number of aryl methyl sites for hydroxylation is 1. The molecule has 0 saturated heterocycles. The third kappa shape index (κ3) is 5.76. The highest BCUT2D eigenvalue weighted by atomic mass is 16.4. The number of nitrogens with one attached hydrogen (secondary N) is 1. The summed E-state index contributed by atoms with van der Waals surface area (Å²) in [6.45, 7) is 13.7. The molecule has 1 amide bonds. The van der Waals surface area contributed by atoms with Crippen LogP contribution >= 0.6 is 0 Å². The second-order valence-electron chi connectivity index (χ2n) is 8.67. The van der Waals surface area contributed by atoms with Crippen LogP contribution in [0.3, 0.4) is 0 Å². The largest absolute Gasteiger partial charge is 0.507 e. The molecule has 0 radical (unpaired) electrons. The van der Waals surface area contributed by atoms with Gasteiger partial charge in [0, 0.05) is 6.42 Å².